The van der Waals surface area contributed by atoms with Crippen LogP contribution >= 0.6 is 0 Å². The second kappa shape index (κ2) is 10.3. The lowest BCUT2D eigenvalue weighted by Crippen LogP contribution is -2.38. The maximum atomic E-state index is 12.3. The summed E-state index contributed by atoms with van der Waals surface area (Å²) < 4.78 is 46.8. The molecule has 1 saturated heterocycles. The predicted octanol–water partition coefficient (Wildman–Crippen LogP) is 3.96. The summed E-state index contributed by atoms with van der Waals surface area (Å²) in [6.45, 7) is 1.13. The average Bonchev–Trinajstić information content (AvgIpc) is 3.24. The molecule has 2 aromatic rings. The molecule has 31 heavy (non-hydrogen) atoms. The first kappa shape index (κ1) is 22.6. The van der Waals surface area contributed by atoms with Crippen molar-refractivity contribution in [3.63, 3.8) is 0 Å². The zero-order valence-corrected chi connectivity index (χ0v) is 17.2. The Kier molecular flexibility index (Phi) is 7.49. The summed E-state index contributed by atoms with van der Waals surface area (Å²) in [5.74, 6) is 1.25. The highest BCUT2D eigenvalue weighted by atomic mass is 19.4. The molecule has 0 spiro atoms. The molecule has 1 fully saturated rings. The largest absolute Gasteiger partial charge is 0.497 e. The Morgan fingerprint density at radius 2 is 1.90 bits per heavy atom. The fourth-order valence-electron chi connectivity index (χ4n) is 3.43. The Bertz CT molecular complexity index is 876. The van der Waals surface area contributed by atoms with Crippen molar-refractivity contribution < 1.29 is 27.4 Å². The van der Waals surface area contributed by atoms with Crippen molar-refractivity contribution in [2.24, 2.45) is 5.92 Å². The third-order valence-electron chi connectivity index (χ3n) is 5.01. The summed E-state index contributed by atoms with van der Waals surface area (Å²) in [6, 6.07) is 13.8. The van der Waals surface area contributed by atoms with Crippen LogP contribution in [0.4, 0.5) is 23.7 Å². The van der Waals surface area contributed by atoms with Crippen molar-refractivity contribution in [2.75, 3.05) is 38.3 Å². The van der Waals surface area contributed by atoms with E-state index in [-0.39, 0.29) is 18.3 Å². The molecule has 3 rings (SSSR count). The quantitative estimate of drug-likeness (QED) is 0.656. The normalized spacial score (nSPS) is 16.1. The number of amides is 2. The van der Waals surface area contributed by atoms with Gasteiger partial charge in [0.1, 0.15) is 11.5 Å². The molecule has 1 heterocycles. The van der Waals surface area contributed by atoms with Gasteiger partial charge in [0, 0.05) is 37.9 Å². The molecule has 2 aromatic carbocycles. The molecular formula is C22H26F3N3O3. The Balaban J connectivity index is 1.40. The highest BCUT2D eigenvalue weighted by molar-refractivity contribution is 5.73. The third-order valence-corrected chi connectivity index (χ3v) is 5.01. The molecule has 1 unspecified atom stereocenters. The Labute approximate surface area is 179 Å². The number of nitrogens with zero attached hydrogens (tertiary/aromatic N) is 1. The highest BCUT2D eigenvalue weighted by Crippen LogP contribution is 2.26. The van der Waals surface area contributed by atoms with E-state index >= 15 is 0 Å². The number of halogens is 3. The summed E-state index contributed by atoms with van der Waals surface area (Å²) in [5.41, 5.74) is 1.75. The molecule has 2 N–H and O–H groups in total. The number of carbonyl (C=O) groups is 1. The first-order valence-electron chi connectivity index (χ1n) is 10.0. The molecule has 0 aliphatic carbocycles. The van der Waals surface area contributed by atoms with E-state index in [1.54, 1.807) is 19.2 Å². The van der Waals surface area contributed by atoms with E-state index in [1.165, 1.54) is 12.1 Å². The second-order valence-corrected chi connectivity index (χ2v) is 7.42. The van der Waals surface area contributed by atoms with Crippen LogP contribution in [0.2, 0.25) is 0 Å². The Hall–Kier alpha value is -3.10. The molecule has 1 aliphatic heterocycles. The fraction of sp³-hybridized carbons (Fsp3) is 0.409. The molecule has 0 bridgehead atoms. The van der Waals surface area contributed by atoms with Gasteiger partial charge in [0.25, 0.3) is 0 Å². The van der Waals surface area contributed by atoms with E-state index in [0.717, 1.165) is 30.9 Å². The number of benzene rings is 2. The van der Waals surface area contributed by atoms with E-state index in [2.05, 4.69) is 15.5 Å². The standard InChI is InChI=1S/C22H26F3N3O3/c1-30-19-6-3-5-18(11-19)28-9-8-17(14-28)13-27-21(29)26-12-16-4-2-7-20(10-16)31-15-22(23,24)25/h2-7,10-11,17H,8-9,12-15H2,1H3,(H2,26,27,29). The molecule has 0 aromatic heterocycles. The van der Waals surface area contributed by atoms with Gasteiger partial charge in [-0.25, -0.2) is 4.79 Å². The van der Waals surface area contributed by atoms with Gasteiger partial charge in [-0.05, 0) is 42.2 Å². The molecule has 1 atom stereocenters. The molecular weight excluding hydrogens is 411 g/mol. The van der Waals surface area contributed by atoms with Gasteiger partial charge in [0.15, 0.2) is 6.61 Å². The average molecular weight is 437 g/mol. The van der Waals surface area contributed by atoms with Gasteiger partial charge in [0.2, 0.25) is 0 Å². The van der Waals surface area contributed by atoms with Crippen LogP contribution in [0.1, 0.15) is 12.0 Å². The van der Waals surface area contributed by atoms with Gasteiger partial charge >= 0.3 is 12.2 Å². The van der Waals surface area contributed by atoms with E-state index in [0.29, 0.717) is 18.0 Å². The van der Waals surface area contributed by atoms with Crippen LogP contribution in [0.3, 0.4) is 0 Å². The van der Waals surface area contributed by atoms with Crippen molar-refractivity contribution in [1.82, 2.24) is 10.6 Å². The zero-order valence-electron chi connectivity index (χ0n) is 17.2. The number of ether oxygens (including phenoxy) is 2. The summed E-state index contributed by atoms with van der Waals surface area (Å²) in [4.78, 5) is 14.4. The SMILES string of the molecule is COc1cccc(N2CCC(CNC(=O)NCc3cccc(OCC(F)(F)F)c3)C2)c1. The van der Waals surface area contributed by atoms with Crippen LogP contribution in [0.25, 0.3) is 0 Å². The number of carbonyl (C=O) groups excluding carboxylic acids is 1. The first-order chi connectivity index (χ1) is 14.8. The molecule has 9 heteroatoms. The molecule has 0 radical (unpaired) electrons. The number of nitrogens with one attached hydrogen (secondary N) is 2. The minimum absolute atomic E-state index is 0.112. The van der Waals surface area contributed by atoms with Gasteiger partial charge in [-0.2, -0.15) is 13.2 Å². The van der Waals surface area contributed by atoms with E-state index in [4.69, 9.17) is 9.47 Å². The van der Waals surface area contributed by atoms with Crippen LogP contribution in [0.5, 0.6) is 11.5 Å². The van der Waals surface area contributed by atoms with Crippen molar-refractivity contribution >= 4 is 11.7 Å². The van der Waals surface area contributed by atoms with E-state index in [9.17, 15) is 18.0 Å². The summed E-state index contributed by atoms with van der Waals surface area (Å²) in [7, 11) is 1.64. The van der Waals surface area contributed by atoms with Gasteiger partial charge in [0.05, 0.1) is 7.11 Å². The van der Waals surface area contributed by atoms with Gasteiger partial charge in [-0.3, -0.25) is 0 Å². The molecule has 1 aliphatic rings. The molecule has 168 valence electrons. The smallest absolute Gasteiger partial charge is 0.422 e. The fourth-order valence-corrected chi connectivity index (χ4v) is 3.43. The van der Waals surface area contributed by atoms with Crippen LogP contribution in [-0.4, -0.2) is 45.6 Å². The number of rotatable bonds is 8. The molecule has 2 amide bonds. The molecule has 0 saturated carbocycles. The number of methoxy groups -OCH3 is 1. The minimum atomic E-state index is -4.39. The van der Waals surface area contributed by atoms with Gasteiger partial charge < -0.3 is 25.0 Å². The zero-order chi connectivity index (χ0) is 22.3. The van der Waals surface area contributed by atoms with Crippen molar-refractivity contribution in [3.05, 3.63) is 54.1 Å². The Morgan fingerprint density at radius 3 is 2.68 bits per heavy atom. The van der Waals surface area contributed by atoms with E-state index < -0.39 is 12.8 Å². The summed E-state index contributed by atoms with van der Waals surface area (Å²) in [5, 5.41) is 5.59. The van der Waals surface area contributed by atoms with E-state index in [1.807, 2.05) is 24.3 Å². The number of anilines is 1. The lowest BCUT2D eigenvalue weighted by Gasteiger charge is -2.19. The lowest BCUT2D eigenvalue weighted by molar-refractivity contribution is -0.153. The number of hydrogen-bond donors (Lipinski definition) is 2. The number of hydrogen-bond acceptors (Lipinski definition) is 4. The maximum Gasteiger partial charge on any atom is 0.422 e. The van der Waals surface area contributed by atoms with Crippen LogP contribution in [-0.2, 0) is 6.54 Å². The number of urea groups is 1. The summed E-state index contributed by atoms with van der Waals surface area (Å²) in [6.07, 6.45) is -3.42. The first-order valence-corrected chi connectivity index (χ1v) is 10.0. The van der Waals surface area contributed by atoms with Crippen LogP contribution < -0.4 is 25.0 Å². The summed E-state index contributed by atoms with van der Waals surface area (Å²) >= 11 is 0. The highest BCUT2D eigenvalue weighted by Gasteiger charge is 2.28. The maximum absolute atomic E-state index is 12.3. The minimum Gasteiger partial charge on any atom is -0.497 e. The monoisotopic (exact) mass is 437 g/mol. The van der Waals surface area contributed by atoms with Crippen LogP contribution in [0.15, 0.2) is 48.5 Å². The van der Waals surface area contributed by atoms with Crippen molar-refractivity contribution in [1.29, 1.82) is 0 Å². The Morgan fingerprint density at radius 1 is 1.13 bits per heavy atom. The third kappa shape index (κ3) is 7.27. The number of alkyl halides is 3. The van der Waals surface area contributed by atoms with Gasteiger partial charge in [-0.1, -0.05) is 18.2 Å². The topological polar surface area (TPSA) is 62.8 Å². The lowest BCUT2D eigenvalue weighted by atomic mass is 10.1. The van der Waals surface area contributed by atoms with Gasteiger partial charge in [-0.15, -0.1) is 0 Å². The predicted molar refractivity (Wildman–Crippen MR) is 112 cm³/mol. The van der Waals surface area contributed by atoms with Crippen LogP contribution in [0, 0.1) is 5.92 Å². The van der Waals surface area contributed by atoms with Crippen molar-refractivity contribution in [3.8, 4) is 11.5 Å². The molecule has 6 nitrogen and oxygen atoms in total. The second-order valence-electron chi connectivity index (χ2n) is 7.42. The van der Waals surface area contributed by atoms with Crippen molar-refractivity contribution in [2.45, 2.75) is 19.1 Å².